The first-order chi connectivity index (χ1) is 14.4. The van der Waals surface area contributed by atoms with Crippen LogP contribution in [0.15, 0.2) is 51.1 Å². The van der Waals surface area contributed by atoms with Crippen molar-refractivity contribution in [3.63, 3.8) is 0 Å². The van der Waals surface area contributed by atoms with Gasteiger partial charge in [0.1, 0.15) is 6.04 Å². The number of halogens is 1. The van der Waals surface area contributed by atoms with Crippen molar-refractivity contribution in [2.24, 2.45) is 0 Å². The zero-order valence-electron chi connectivity index (χ0n) is 15.9. The Bertz CT molecular complexity index is 1130. The minimum atomic E-state index is -3.85. The third-order valence-corrected chi connectivity index (χ3v) is 7.74. The molecular formula is C19H18ClN3O5S2. The molecule has 2 aromatic heterocycles. The van der Waals surface area contributed by atoms with Crippen molar-refractivity contribution < 1.29 is 22.4 Å². The zero-order chi connectivity index (χ0) is 21.3. The van der Waals surface area contributed by atoms with Crippen LogP contribution in [0.25, 0.3) is 10.8 Å². The summed E-state index contributed by atoms with van der Waals surface area (Å²) in [6.45, 7) is 1.85. The van der Waals surface area contributed by atoms with Gasteiger partial charge in [0.15, 0.2) is 6.10 Å². The molecule has 0 amide bonds. The highest BCUT2D eigenvalue weighted by Gasteiger charge is 2.41. The van der Waals surface area contributed by atoms with E-state index in [1.807, 2.05) is 17.5 Å². The molecule has 0 aliphatic carbocycles. The standard InChI is InChI=1S/C19H18ClN3O5S2/c1-12(17-21-22-18(28-17)16-5-3-11-29-16)27-19(24)15-4-2-10-23(15)30(25,26)14-8-6-13(20)7-9-14/h3,5-9,11-12,15H,2,4,10H2,1H3/t12-,15+/m0/s1. The van der Waals surface area contributed by atoms with E-state index >= 15 is 0 Å². The summed E-state index contributed by atoms with van der Waals surface area (Å²) in [5.41, 5.74) is 0. The van der Waals surface area contributed by atoms with E-state index < -0.39 is 28.1 Å². The first kappa shape index (κ1) is 21.0. The molecule has 1 saturated heterocycles. The van der Waals surface area contributed by atoms with Crippen LogP contribution >= 0.6 is 22.9 Å². The van der Waals surface area contributed by atoms with E-state index in [4.69, 9.17) is 20.8 Å². The number of carbonyl (C=O) groups excluding carboxylic acids is 1. The minimum absolute atomic E-state index is 0.0807. The molecule has 3 aromatic rings. The van der Waals surface area contributed by atoms with Crippen molar-refractivity contribution in [1.29, 1.82) is 0 Å². The van der Waals surface area contributed by atoms with E-state index in [2.05, 4.69) is 10.2 Å². The average molecular weight is 468 g/mol. The third kappa shape index (κ3) is 4.13. The number of thiophene rings is 1. The van der Waals surface area contributed by atoms with Crippen LogP contribution in [0.2, 0.25) is 5.02 Å². The van der Waals surface area contributed by atoms with Crippen molar-refractivity contribution in [3.05, 3.63) is 52.7 Å². The maximum absolute atomic E-state index is 13.0. The van der Waals surface area contributed by atoms with Crippen LogP contribution in [0.5, 0.6) is 0 Å². The first-order valence-electron chi connectivity index (χ1n) is 9.21. The lowest BCUT2D eigenvalue weighted by atomic mass is 10.2. The Kier molecular flexibility index (Phi) is 5.92. The molecule has 0 bridgehead atoms. The molecular weight excluding hydrogens is 450 g/mol. The van der Waals surface area contributed by atoms with Crippen LogP contribution in [-0.4, -0.2) is 41.5 Å². The summed E-state index contributed by atoms with van der Waals surface area (Å²) in [7, 11) is -3.85. The maximum atomic E-state index is 13.0. The molecule has 0 radical (unpaired) electrons. The smallest absolute Gasteiger partial charge is 0.325 e. The van der Waals surface area contributed by atoms with Gasteiger partial charge in [0.05, 0.1) is 9.77 Å². The van der Waals surface area contributed by atoms with Gasteiger partial charge in [0, 0.05) is 11.6 Å². The van der Waals surface area contributed by atoms with Crippen LogP contribution < -0.4 is 0 Å². The fraction of sp³-hybridized carbons (Fsp3) is 0.316. The lowest BCUT2D eigenvalue weighted by Crippen LogP contribution is -2.41. The monoisotopic (exact) mass is 467 g/mol. The van der Waals surface area contributed by atoms with Crippen molar-refractivity contribution in [3.8, 4) is 10.8 Å². The fourth-order valence-electron chi connectivity index (χ4n) is 3.21. The normalized spacial score (nSPS) is 18.4. The van der Waals surface area contributed by atoms with E-state index in [1.165, 1.54) is 39.9 Å². The molecule has 1 aliphatic rings. The van der Waals surface area contributed by atoms with E-state index in [-0.39, 0.29) is 17.3 Å². The van der Waals surface area contributed by atoms with E-state index in [1.54, 1.807) is 6.92 Å². The topological polar surface area (TPSA) is 103 Å². The van der Waals surface area contributed by atoms with Gasteiger partial charge in [-0.15, -0.1) is 21.5 Å². The van der Waals surface area contributed by atoms with Crippen LogP contribution in [0.1, 0.15) is 31.8 Å². The largest absolute Gasteiger partial charge is 0.451 e. The molecule has 3 heterocycles. The molecule has 0 unspecified atom stereocenters. The first-order valence-corrected chi connectivity index (χ1v) is 11.9. The van der Waals surface area contributed by atoms with Crippen LogP contribution in [0.4, 0.5) is 0 Å². The van der Waals surface area contributed by atoms with Gasteiger partial charge in [-0.25, -0.2) is 8.42 Å². The Morgan fingerprint density at radius 2 is 2.07 bits per heavy atom. The molecule has 0 N–H and O–H groups in total. The molecule has 30 heavy (non-hydrogen) atoms. The van der Waals surface area contributed by atoms with Gasteiger partial charge in [0.25, 0.3) is 11.8 Å². The number of aromatic nitrogens is 2. The summed E-state index contributed by atoms with van der Waals surface area (Å²) in [5.74, 6) is -0.152. The van der Waals surface area contributed by atoms with Gasteiger partial charge in [-0.3, -0.25) is 4.79 Å². The van der Waals surface area contributed by atoms with E-state index in [0.717, 1.165) is 4.88 Å². The second-order valence-corrected chi connectivity index (χ2v) is 10.0. The molecule has 4 rings (SSSR count). The molecule has 1 aliphatic heterocycles. The molecule has 8 nitrogen and oxygen atoms in total. The molecule has 0 spiro atoms. The second kappa shape index (κ2) is 8.46. The summed E-state index contributed by atoms with van der Waals surface area (Å²) in [5, 5.41) is 10.2. The van der Waals surface area contributed by atoms with Crippen LogP contribution in [0, 0.1) is 0 Å². The summed E-state index contributed by atoms with van der Waals surface area (Å²) in [4.78, 5) is 13.7. The summed E-state index contributed by atoms with van der Waals surface area (Å²) >= 11 is 7.30. The maximum Gasteiger partial charge on any atom is 0.325 e. The molecule has 1 fully saturated rings. The Hall–Kier alpha value is -2.27. The predicted octanol–water partition coefficient (Wildman–Crippen LogP) is 3.91. The van der Waals surface area contributed by atoms with Crippen LogP contribution in [-0.2, 0) is 19.6 Å². The number of rotatable bonds is 6. The van der Waals surface area contributed by atoms with Gasteiger partial charge in [-0.1, -0.05) is 17.7 Å². The number of hydrogen-bond donors (Lipinski definition) is 0. The summed E-state index contributed by atoms with van der Waals surface area (Å²) in [6.07, 6.45) is 0.131. The van der Waals surface area contributed by atoms with Crippen molar-refractivity contribution in [2.75, 3.05) is 6.54 Å². The molecule has 0 saturated carbocycles. The number of benzene rings is 1. The van der Waals surface area contributed by atoms with Crippen molar-refractivity contribution in [2.45, 2.75) is 36.8 Å². The summed E-state index contributed by atoms with van der Waals surface area (Å²) in [6, 6.07) is 8.64. The Balaban J connectivity index is 1.48. The van der Waals surface area contributed by atoms with Gasteiger partial charge < -0.3 is 9.15 Å². The third-order valence-electron chi connectivity index (χ3n) is 4.71. The van der Waals surface area contributed by atoms with Crippen molar-refractivity contribution >= 4 is 38.9 Å². The molecule has 158 valence electrons. The number of hydrogen-bond acceptors (Lipinski definition) is 8. The van der Waals surface area contributed by atoms with Crippen molar-refractivity contribution in [1.82, 2.24) is 14.5 Å². The number of nitrogens with zero attached hydrogens (tertiary/aromatic N) is 3. The highest BCUT2D eigenvalue weighted by Crippen LogP contribution is 2.30. The SMILES string of the molecule is C[C@H](OC(=O)[C@H]1CCCN1S(=O)(=O)c1ccc(Cl)cc1)c1nnc(-c2cccs2)o1. The lowest BCUT2D eigenvalue weighted by Gasteiger charge is -2.23. The number of esters is 1. The fourth-order valence-corrected chi connectivity index (χ4v) is 5.62. The molecule has 1 aromatic carbocycles. The van der Waals surface area contributed by atoms with Gasteiger partial charge in [-0.2, -0.15) is 4.31 Å². The zero-order valence-corrected chi connectivity index (χ0v) is 18.3. The van der Waals surface area contributed by atoms with Gasteiger partial charge >= 0.3 is 5.97 Å². The molecule has 2 atom stereocenters. The Labute approximate surface area is 182 Å². The predicted molar refractivity (Wildman–Crippen MR) is 110 cm³/mol. The lowest BCUT2D eigenvalue weighted by molar-refractivity contribution is -0.153. The summed E-state index contributed by atoms with van der Waals surface area (Å²) < 4.78 is 38.2. The quantitative estimate of drug-likeness (QED) is 0.506. The minimum Gasteiger partial charge on any atom is -0.451 e. The van der Waals surface area contributed by atoms with E-state index in [9.17, 15) is 13.2 Å². The second-order valence-electron chi connectivity index (χ2n) is 6.73. The highest BCUT2D eigenvalue weighted by atomic mass is 35.5. The number of sulfonamides is 1. The van der Waals surface area contributed by atoms with Gasteiger partial charge in [0.2, 0.25) is 10.0 Å². The molecule has 11 heteroatoms. The van der Waals surface area contributed by atoms with Crippen LogP contribution in [0.3, 0.4) is 0 Å². The number of carbonyl (C=O) groups is 1. The number of ether oxygens (including phenoxy) is 1. The Morgan fingerprint density at radius 3 is 2.77 bits per heavy atom. The average Bonchev–Trinajstić information content (AvgIpc) is 3.49. The Morgan fingerprint density at radius 1 is 1.30 bits per heavy atom. The highest BCUT2D eigenvalue weighted by molar-refractivity contribution is 7.89. The van der Waals surface area contributed by atoms with E-state index in [0.29, 0.717) is 23.8 Å². The van der Waals surface area contributed by atoms with Gasteiger partial charge in [-0.05, 0) is 55.5 Å².